The smallest absolute Gasteiger partial charge is 0.415 e. The molecule has 4 rings (SSSR count). The quantitative estimate of drug-likeness (QED) is 0.452. The lowest BCUT2D eigenvalue weighted by Crippen LogP contribution is -2.48. The Kier molecular flexibility index (Phi) is 7.95. The highest BCUT2D eigenvalue weighted by Gasteiger charge is 2.22. The molecule has 1 saturated heterocycles. The van der Waals surface area contributed by atoms with Crippen LogP contribution < -0.4 is 24.4 Å². The number of methoxy groups -OCH3 is 2. The zero-order valence-corrected chi connectivity index (χ0v) is 21.8. The fourth-order valence-corrected chi connectivity index (χ4v) is 4.65. The predicted molar refractivity (Wildman–Crippen MR) is 137 cm³/mol. The average Bonchev–Trinajstić information content (AvgIpc) is 2.84. The number of hydrogen-bond donors (Lipinski definition) is 0. The van der Waals surface area contributed by atoms with Gasteiger partial charge in [-0.3, -0.25) is 4.79 Å². The molecule has 0 bridgehead atoms. The number of benzene rings is 2. The van der Waals surface area contributed by atoms with Crippen molar-refractivity contribution in [3.05, 3.63) is 46.6 Å². The van der Waals surface area contributed by atoms with Gasteiger partial charge in [0.1, 0.15) is 16.7 Å². The van der Waals surface area contributed by atoms with Crippen LogP contribution in [-0.2, 0) is 0 Å². The van der Waals surface area contributed by atoms with Crippen LogP contribution in [0.1, 0.15) is 13.8 Å². The lowest BCUT2D eigenvalue weighted by molar-refractivity contribution is 0.120. The maximum absolute atomic E-state index is 13.0. The molecule has 9 nitrogen and oxygen atoms in total. The van der Waals surface area contributed by atoms with Crippen molar-refractivity contribution in [2.24, 2.45) is 0 Å². The largest absolute Gasteiger partial charge is 0.492 e. The summed E-state index contributed by atoms with van der Waals surface area (Å²) in [6, 6.07) is 10.1. The molecule has 3 aromatic rings. The third kappa shape index (κ3) is 5.71. The second kappa shape index (κ2) is 11.1. The molecule has 36 heavy (non-hydrogen) atoms. The average molecular weight is 515 g/mol. The third-order valence-corrected chi connectivity index (χ3v) is 6.56. The molecule has 0 aliphatic carbocycles. The molecule has 10 heteroatoms. The van der Waals surface area contributed by atoms with Gasteiger partial charge in [-0.05, 0) is 45.2 Å². The zero-order valence-electron chi connectivity index (χ0n) is 21.0. The Hall–Kier alpha value is -3.37. The molecule has 0 N–H and O–H groups in total. The molecule has 1 aliphatic heterocycles. The van der Waals surface area contributed by atoms with E-state index in [4.69, 9.17) is 23.4 Å². The highest BCUT2D eigenvalue weighted by molar-refractivity contribution is 7.99. The molecule has 0 saturated carbocycles. The van der Waals surface area contributed by atoms with E-state index in [9.17, 15) is 9.59 Å². The summed E-state index contributed by atoms with van der Waals surface area (Å²) in [4.78, 5) is 30.1. The van der Waals surface area contributed by atoms with Crippen molar-refractivity contribution >= 4 is 28.8 Å². The van der Waals surface area contributed by atoms with Crippen LogP contribution in [0.4, 0.5) is 4.79 Å². The van der Waals surface area contributed by atoms with Gasteiger partial charge in [0.05, 0.1) is 20.3 Å². The fourth-order valence-electron chi connectivity index (χ4n) is 3.85. The molecule has 0 spiro atoms. The second-order valence-corrected chi connectivity index (χ2v) is 9.72. The van der Waals surface area contributed by atoms with Gasteiger partial charge >= 0.3 is 6.09 Å². The summed E-state index contributed by atoms with van der Waals surface area (Å²) in [6.07, 6.45) is -0.470. The van der Waals surface area contributed by atoms with Crippen LogP contribution in [0.2, 0.25) is 0 Å². The van der Waals surface area contributed by atoms with Gasteiger partial charge in [0.2, 0.25) is 5.75 Å². The minimum Gasteiger partial charge on any atom is -0.492 e. The molecule has 1 aliphatic rings. The van der Waals surface area contributed by atoms with E-state index in [-0.39, 0.29) is 28.8 Å². The molecule has 2 aromatic carbocycles. The van der Waals surface area contributed by atoms with Gasteiger partial charge in [-0.1, -0.05) is 11.8 Å². The molecule has 1 fully saturated rings. The van der Waals surface area contributed by atoms with Gasteiger partial charge in [0.15, 0.2) is 22.0 Å². The number of likely N-dealkylation sites (N-methyl/N-ethyl adjacent to an activating group) is 1. The van der Waals surface area contributed by atoms with Crippen LogP contribution in [0, 0.1) is 0 Å². The van der Waals surface area contributed by atoms with E-state index in [0.29, 0.717) is 41.0 Å². The van der Waals surface area contributed by atoms with Gasteiger partial charge in [-0.25, -0.2) is 4.79 Å². The fraction of sp³-hybridized carbons (Fsp3) is 0.385. The number of rotatable bonds is 7. The van der Waals surface area contributed by atoms with E-state index in [1.807, 2.05) is 33.0 Å². The first kappa shape index (κ1) is 25.7. The Morgan fingerprint density at radius 3 is 2.28 bits per heavy atom. The van der Waals surface area contributed by atoms with Gasteiger partial charge in [0.25, 0.3) is 0 Å². The van der Waals surface area contributed by atoms with Crippen LogP contribution in [0.3, 0.4) is 0 Å². The standard InChI is InChI=1S/C26H30N2O7S/c1-16(2)33-21-15-20-23(25(32-5)24(21)31-4)19(29)14-22(35-20)36-18-8-6-17(7-9-18)34-26(30)28-12-10-27(3)11-13-28/h6-9,14-16H,10-13H2,1-5H3. The number of carbonyl (C=O) groups excluding carboxylic acids is 1. The summed E-state index contributed by atoms with van der Waals surface area (Å²) >= 11 is 1.28. The molecule has 0 atom stereocenters. The molecule has 2 heterocycles. The number of carbonyl (C=O) groups is 1. The van der Waals surface area contributed by atoms with E-state index in [0.717, 1.165) is 18.0 Å². The normalized spacial score (nSPS) is 14.2. The van der Waals surface area contributed by atoms with Gasteiger partial charge in [-0.2, -0.15) is 0 Å². The van der Waals surface area contributed by atoms with E-state index in [1.165, 1.54) is 32.0 Å². The maximum Gasteiger partial charge on any atom is 0.415 e. The first-order valence-corrected chi connectivity index (χ1v) is 12.4. The van der Waals surface area contributed by atoms with Crippen molar-refractivity contribution in [2.45, 2.75) is 29.9 Å². The Morgan fingerprint density at radius 2 is 1.67 bits per heavy atom. The molecular formula is C26H30N2O7S. The molecule has 192 valence electrons. The van der Waals surface area contributed by atoms with Gasteiger partial charge < -0.3 is 33.2 Å². The van der Waals surface area contributed by atoms with Gasteiger partial charge in [-0.15, -0.1) is 0 Å². The van der Waals surface area contributed by atoms with Crippen LogP contribution in [0.15, 0.2) is 55.6 Å². The number of amides is 1. The number of ether oxygens (including phenoxy) is 4. The second-order valence-electron chi connectivity index (χ2n) is 8.64. The highest BCUT2D eigenvalue weighted by Crippen LogP contribution is 2.43. The van der Waals surface area contributed by atoms with E-state index in [2.05, 4.69) is 4.90 Å². The summed E-state index contributed by atoms with van der Waals surface area (Å²) in [6.45, 7) is 6.72. The predicted octanol–water partition coefficient (Wildman–Crippen LogP) is 4.49. The van der Waals surface area contributed by atoms with Crippen LogP contribution in [-0.4, -0.2) is 69.4 Å². The topological polar surface area (TPSA) is 90.7 Å². The summed E-state index contributed by atoms with van der Waals surface area (Å²) < 4.78 is 28.4. The highest BCUT2D eigenvalue weighted by atomic mass is 32.2. The Labute approximate surface area is 213 Å². The summed E-state index contributed by atoms with van der Waals surface area (Å²) in [5.74, 6) is 1.49. The number of piperazine rings is 1. The Morgan fingerprint density at radius 1 is 1.00 bits per heavy atom. The van der Waals surface area contributed by atoms with Crippen molar-refractivity contribution < 1.29 is 28.2 Å². The van der Waals surface area contributed by atoms with Crippen LogP contribution in [0.5, 0.6) is 23.0 Å². The first-order chi connectivity index (χ1) is 17.3. The van der Waals surface area contributed by atoms with Crippen molar-refractivity contribution in [3.63, 3.8) is 0 Å². The van der Waals surface area contributed by atoms with Crippen molar-refractivity contribution in [3.8, 4) is 23.0 Å². The van der Waals surface area contributed by atoms with Crippen molar-refractivity contribution in [1.82, 2.24) is 9.80 Å². The summed E-state index contributed by atoms with van der Waals surface area (Å²) in [7, 11) is 4.99. The lowest BCUT2D eigenvalue weighted by atomic mass is 10.1. The number of hydrogen-bond acceptors (Lipinski definition) is 9. The SMILES string of the molecule is COc1c(OC(C)C)cc2oc(Sc3ccc(OC(=O)N4CCN(C)CC4)cc3)cc(=O)c2c1OC. The van der Waals surface area contributed by atoms with Crippen LogP contribution in [0.25, 0.3) is 11.0 Å². The summed E-state index contributed by atoms with van der Waals surface area (Å²) in [5, 5.41) is 0.679. The van der Waals surface area contributed by atoms with E-state index < -0.39 is 0 Å². The number of fused-ring (bicyclic) bond motifs is 1. The van der Waals surface area contributed by atoms with E-state index >= 15 is 0 Å². The molecule has 1 aromatic heterocycles. The van der Waals surface area contributed by atoms with Gasteiger partial charge in [0, 0.05) is 43.2 Å². The molecular weight excluding hydrogens is 484 g/mol. The molecule has 0 unspecified atom stereocenters. The Bertz CT molecular complexity index is 1280. The monoisotopic (exact) mass is 514 g/mol. The summed E-state index contributed by atoms with van der Waals surface area (Å²) in [5.41, 5.74) is 0.0683. The van der Waals surface area contributed by atoms with Crippen LogP contribution >= 0.6 is 11.8 Å². The van der Waals surface area contributed by atoms with Crippen molar-refractivity contribution in [2.75, 3.05) is 47.4 Å². The van der Waals surface area contributed by atoms with E-state index in [1.54, 1.807) is 23.1 Å². The van der Waals surface area contributed by atoms with Crippen molar-refractivity contribution in [1.29, 1.82) is 0 Å². The molecule has 1 amide bonds. The molecule has 0 radical (unpaired) electrons. The lowest BCUT2D eigenvalue weighted by Gasteiger charge is -2.31. The third-order valence-electron chi connectivity index (χ3n) is 5.65. The Balaban J connectivity index is 1.54. The maximum atomic E-state index is 13.0. The minimum atomic E-state index is -0.354. The first-order valence-electron chi connectivity index (χ1n) is 11.6. The number of nitrogens with zero attached hydrogens (tertiary/aromatic N) is 2. The zero-order chi connectivity index (χ0) is 25.8. The minimum absolute atomic E-state index is 0.116.